The van der Waals surface area contributed by atoms with E-state index in [2.05, 4.69) is 25.4 Å². The van der Waals surface area contributed by atoms with Gasteiger partial charge in [-0.1, -0.05) is 26.7 Å². The maximum Gasteiger partial charge on any atom is 0.0618 e. The lowest BCUT2D eigenvalue weighted by Gasteiger charge is -2.21. The number of methoxy groups -OCH3 is 1. The van der Waals surface area contributed by atoms with Crippen LogP contribution in [0, 0.1) is 5.92 Å². The van der Waals surface area contributed by atoms with Crippen LogP contribution >= 0.6 is 11.8 Å². The number of hydrogen-bond acceptors (Lipinski definition) is 3. The van der Waals surface area contributed by atoms with Gasteiger partial charge in [-0.2, -0.15) is 11.8 Å². The first-order valence-corrected chi connectivity index (χ1v) is 7.83. The van der Waals surface area contributed by atoms with Gasteiger partial charge in [-0.15, -0.1) is 0 Å². The first-order chi connectivity index (χ1) is 7.72. The standard InChI is InChI=1S/C13H29NOS/c1-12(2)13(11-15-3)14-9-7-5-6-8-10-16-4/h12-14H,5-11H2,1-4H3. The molecule has 0 aliphatic heterocycles. The van der Waals surface area contributed by atoms with E-state index in [1.807, 2.05) is 11.8 Å². The van der Waals surface area contributed by atoms with Crippen LogP contribution in [0.3, 0.4) is 0 Å². The first-order valence-electron chi connectivity index (χ1n) is 6.43. The van der Waals surface area contributed by atoms with E-state index in [9.17, 15) is 0 Å². The summed E-state index contributed by atoms with van der Waals surface area (Å²) in [5.74, 6) is 1.96. The molecule has 1 N–H and O–H groups in total. The second-order valence-corrected chi connectivity index (χ2v) is 5.65. The van der Waals surface area contributed by atoms with Gasteiger partial charge in [0.05, 0.1) is 6.61 Å². The van der Waals surface area contributed by atoms with Crippen molar-refractivity contribution in [2.75, 3.05) is 32.3 Å². The number of rotatable bonds is 11. The lowest BCUT2D eigenvalue weighted by atomic mass is 10.1. The number of hydrogen-bond donors (Lipinski definition) is 1. The van der Waals surface area contributed by atoms with Crippen molar-refractivity contribution in [3.05, 3.63) is 0 Å². The number of nitrogens with one attached hydrogen (secondary N) is 1. The van der Waals surface area contributed by atoms with Crippen LogP contribution in [-0.4, -0.2) is 38.3 Å². The van der Waals surface area contributed by atoms with Gasteiger partial charge in [-0.05, 0) is 37.3 Å². The fraction of sp³-hybridized carbons (Fsp3) is 1.00. The molecule has 0 aliphatic carbocycles. The van der Waals surface area contributed by atoms with Crippen molar-refractivity contribution >= 4 is 11.8 Å². The van der Waals surface area contributed by atoms with Gasteiger partial charge in [0.25, 0.3) is 0 Å². The molecule has 0 aromatic rings. The zero-order chi connectivity index (χ0) is 12.2. The van der Waals surface area contributed by atoms with Crippen LogP contribution in [0.2, 0.25) is 0 Å². The predicted octanol–water partition coefficient (Wildman–Crippen LogP) is 3.17. The summed E-state index contributed by atoms with van der Waals surface area (Å²) in [6.07, 6.45) is 7.57. The largest absolute Gasteiger partial charge is 0.383 e. The molecule has 2 nitrogen and oxygen atoms in total. The summed E-state index contributed by atoms with van der Waals surface area (Å²) in [7, 11) is 1.78. The van der Waals surface area contributed by atoms with Crippen molar-refractivity contribution in [1.29, 1.82) is 0 Å². The van der Waals surface area contributed by atoms with Crippen LogP contribution in [0.5, 0.6) is 0 Å². The molecule has 1 atom stereocenters. The van der Waals surface area contributed by atoms with Gasteiger partial charge in [-0.25, -0.2) is 0 Å². The zero-order valence-electron chi connectivity index (χ0n) is 11.4. The fourth-order valence-corrected chi connectivity index (χ4v) is 2.17. The molecule has 0 rings (SSSR count). The summed E-state index contributed by atoms with van der Waals surface area (Å²) in [6.45, 7) is 6.44. The number of ether oxygens (including phenoxy) is 1. The van der Waals surface area contributed by atoms with Crippen molar-refractivity contribution in [2.45, 2.75) is 45.6 Å². The highest BCUT2D eigenvalue weighted by Gasteiger charge is 2.11. The quantitative estimate of drug-likeness (QED) is 0.567. The van der Waals surface area contributed by atoms with E-state index in [0.29, 0.717) is 12.0 Å². The van der Waals surface area contributed by atoms with Crippen LogP contribution in [0.4, 0.5) is 0 Å². The molecule has 0 radical (unpaired) electrons. The van der Waals surface area contributed by atoms with Crippen LogP contribution in [0.1, 0.15) is 39.5 Å². The minimum absolute atomic E-state index is 0.510. The second kappa shape index (κ2) is 11.7. The van der Waals surface area contributed by atoms with Crippen LogP contribution in [0.25, 0.3) is 0 Å². The van der Waals surface area contributed by atoms with Gasteiger partial charge in [0.15, 0.2) is 0 Å². The molecule has 0 bridgehead atoms. The van der Waals surface area contributed by atoms with E-state index in [4.69, 9.17) is 4.74 Å². The van der Waals surface area contributed by atoms with Crippen molar-refractivity contribution in [3.63, 3.8) is 0 Å². The molecule has 0 amide bonds. The third-order valence-corrected chi connectivity index (χ3v) is 3.53. The first kappa shape index (κ1) is 16.3. The van der Waals surface area contributed by atoms with Gasteiger partial charge >= 0.3 is 0 Å². The monoisotopic (exact) mass is 247 g/mol. The Morgan fingerprint density at radius 1 is 1.12 bits per heavy atom. The van der Waals surface area contributed by atoms with E-state index in [1.54, 1.807) is 7.11 Å². The maximum atomic E-state index is 5.21. The lowest BCUT2D eigenvalue weighted by Crippen LogP contribution is -2.38. The van der Waals surface area contributed by atoms with E-state index in [1.165, 1.54) is 31.4 Å². The van der Waals surface area contributed by atoms with Gasteiger partial charge < -0.3 is 10.1 Å². The van der Waals surface area contributed by atoms with Crippen LogP contribution in [0.15, 0.2) is 0 Å². The van der Waals surface area contributed by atoms with E-state index in [0.717, 1.165) is 13.2 Å². The van der Waals surface area contributed by atoms with Crippen molar-refractivity contribution in [2.24, 2.45) is 5.92 Å². The average molecular weight is 247 g/mol. The Morgan fingerprint density at radius 3 is 2.38 bits per heavy atom. The van der Waals surface area contributed by atoms with Crippen LogP contribution in [-0.2, 0) is 4.74 Å². The predicted molar refractivity (Wildman–Crippen MR) is 75.4 cm³/mol. The molecular weight excluding hydrogens is 218 g/mol. The Balaban J connectivity index is 3.33. The number of unbranched alkanes of at least 4 members (excludes halogenated alkanes) is 3. The lowest BCUT2D eigenvalue weighted by molar-refractivity contribution is 0.147. The maximum absolute atomic E-state index is 5.21. The normalized spacial score (nSPS) is 13.3. The molecular formula is C13H29NOS. The summed E-state index contributed by atoms with van der Waals surface area (Å²) >= 11 is 1.95. The third kappa shape index (κ3) is 9.49. The number of thioether (sulfide) groups is 1. The molecule has 0 heterocycles. The van der Waals surface area contributed by atoms with Crippen molar-refractivity contribution in [1.82, 2.24) is 5.32 Å². The highest BCUT2D eigenvalue weighted by molar-refractivity contribution is 7.98. The van der Waals surface area contributed by atoms with Crippen molar-refractivity contribution < 1.29 is 4.74 Å². The summed E-state index contributed by atoms with van der Waals surface area (Å²) in [5.41, 5.74) is 0. The summed E-state index contributed by atoms with van der Waals surface area (Å²) < 4.78 is 5.21. The molecule has 0 aromatic carbocycles. The molecule has 0 fully saturated rings. The van der Waals surface area contributed by atoms with Gasteiger partial charge in [-0.3, -0.25) is 0 Å². The SMILES string of the molecule is COCC(NCCCCCCSC)C(C)C. The molecule has 0 aliphatic rings. The molecule has 1 unspecified atom stereocenters. The van der Waals surface area contributed by atoms with E-state index in [-0.39, 0.29) is 0 Å². The third-order valence-electron chi connectivity index (χ3n) is 2.83. The van der Waals surface area contributed by atoms with Crippen LogP contribution < -0.4 is 5.32 Å². The summed E-state index contributed by atoms with van der Waals surface area (Å²) in [4.78, 5) is 0. The molecule has 0 saturated heterocycles. The molecule has 16 heavy (non-hydrogen) atoms. The molecule has 0 saturated carbocycles. The molecule has 3 heteroatoms. The highest BCUT2D eigenvalue weighted by Crippen LogP contribution is 2.05. The summed E-state index contributed by atoms with van der Waals surface area (Å²) in [6, 6.07) is 0.510. The molecule has 0 spiro atoms. The fourth-order valence-electron chi connectivity index (χ4n) is 1.68. The Labute approximate surface area is 106 Å². The Kier molecular flexibility index (Phi) is 11.9. The Morgan fingerprint density at radius 2 is 1.81 bits per heavy atom. The van der Waals surface area contributed by atoms with E-state index < -0.39 is 0 Å². The second-order valence-electron chi connectivity index (χ2n) is 4.67. The van der Waals surface area contributed by atoms with Gasteiger partial charge in [0, 0.05) is 13.2 Å². The topological polar surface area (TPSA) is 21.3 Å². The van der Waals surface area contributed by atoms with Gasteiger partial charge in [0.2, 0.25) is 0 Å². The molecule has 0 aromatic heterocycles. The smallest absolute Gasteiger partial charge is 0.0618 e. The summed E-state index contributed by atoms with van der Waals surface area (Å²) in [5, 5.41) is 3.58. The van der Waals surface area contributed by atoms with Gasteiger partial charge in [0.1, 0.15) is 0 Å². The average Bonchev–Trinajstić information content (AvgIpc) is 2.26. The van der Waals surface area contributed by atoms with Crippen molar-refractivity contribution in [3.8, 4) is 0 Å². The zero-order valence-corrected chi connectivity index (χ0v) is 12.2. The Hall–Kier alpha value is 0.270. The Bertz CT molecular complexity index is 142. The minimum Gasteiger partial charge on any atom is -0.383 e. The van der Waals surface area contributed by atoms with E-state index >= 15 is 0 Å². The highest BCUT2D eigenvalue weighted by atomic mass is 32.2. The molecule has 98 valence electrons. The minimum atomic E-state index is 0.510.